The molecule has 0 aliphatic rings. The summed E-state index contributed by atoms with van der Waals surface area (Å²) in [6.45, 7) is 5.36. The molecule has 0 saturated carbocycles. The van der Waals surface area contributed by atoms with E-state index in [1.165, 1.54) is 6.07 Å². The number of nitrogens with one attached hydrogen (secondary N) is 2. The van der Waals surface area contributed by atoms with E-state index in [1.807, 2.05) is 31.2 Å². The largest absolute Gasteiger partial charge is 0.394 e. The number of aliphatic hydroxyl groups is 1. The Balaban J connectivity index is 2.15. The summed E-state index contributed by atoms with van der Waals surface area (Å²) >= 11 is 0. The minimum Gasteiger partial charge on any atom is -0.394 e. The van der Waals surface area contributed by atoms with Crippen LogP contribution in [0.15, 0.2) is 47.4 Å². The number of amides is 1. The first kappa shape index (κ1) is 23.0. The Bertz CT molecular complexity index is 927. The summed E-state index contributed by atoms with van der Waals surface area (Å²) in [6, 6.07) is 12.3. The van der Waals surface area contributed by atoms with Crippen molar-refractivity contribution in [3.8, 4) is 0 Å². The lowest BCUT2D eigenvalue weighted by molar-refractivity contribution is -0.115. The monoisotopic (exact) mass is 420 g/mol. The zero-order chi connectivity index (χ0) is 21.4. The highest BCUT2D eigenvalue weighted by Gasteiger charge is 2.21. The molecule has 1 atom stereocenters. The quantitative estimate of drug-likeness (QED) is 0.548. The van der Waals surface area contributed by atoms with Gasteiger partial charge in [0.1, 0.15) is 0 Å². The van der Waals surface area contributed by atoms with Gasteiger partial charge >= 0.3 is 0 Å². The van der Waals surface area contributed by atoms with Crippen molar-refractivity contribution >= 4 is 21.6 Å². The third-order valence-electron chi connectivity index (χ3n) is 4.39. The third-order valence-corrected chi connectivity index (χ3v) is 5.97. The summed E-state index contributed by atoms with van der Waals surface area (Å²) in [7, 11) is -3.78. The molecule has 0 bridgehead atoms. The molecule has 0 aliphatic carbocycles. The summed E-state index contributed by atoms with van der Waals surface area (Å²) < 4.78 is 33.8. The second-order valence-electron chi connectivity index (χ2n) is 6.73. The number of aliphatic hydroxyl groups excluding tert-OH is 1. The van der Waals surface area contributed by atoms with Gasteiger partial charge in [0.05, 0.1) is 24.2 Å². The Kier molecular flexibility index (Phi) is 8.33. The van der Waals surface area contributed by atoms with Gasteiger partial charge in [-0.15, -0.1) is 0 Å². The van der Waals surface area contributed by atoms with E-state index in [2.05, 4.69) is 10.0 Å². The predicted molar refractivity (Wildman–Crippen MR) is 112 cm³/mol. The number of aryl methyl sites for hydroxylation is 2. The molecule has 158 valence electrons. The zero-order valence-corrected chi connectivity index (χ0v) is 17.8. The smallest absolute Gasteiger partial charge is 0.240 e. The van der Waals surface area contributed by atoms with E-state index in [-0.39, 0.29) is 30.6 Å². The van der Waals surface area contributed by atoms with Crippen LogP contribution in [0, 0.1) is 13.8 Å². The highest BCUT2D eigenvalue weighted by Crippen LogP contribution is 2.22. The first-order valence-electron chi connectivity index (χ1n) is 9.46. The number of anilines is 1. The van der Waals surface area contributed by atoms with Gasteiger partial charge in [-0.05, 0) is 43.2 Å². The third kappa shape index (κ3) is 6.64. The van der Waals surface area contributed by atoms with Crippen molar-refractivity contribution in [2.75, 3.05) is 25.1 Å². The number of hydrogen-bond acceptors (Lipinski definition) is 5. The fraction of sp³-hybridized carbons (Fsp3) is 0.381. The molecular formula is C21H28N2O5S. The Hall–Kier alpha value is -2.26. The van der Waals surface area contributed by atoms with Crippen molar-refractivity contribution in [1.29, 1.82) is 0 Å². The molecule has 1 amide bonds. The van der Waals surface area contributed by atoms with Crippen molar-refractivity contribution in [3.63, 3.8) is 0 Å². The molecule has 2 aromatic rings. The maximum atomic E-state index is 12.8. The molecule has 29 heavy (non-hydrogen) atoms. The average molecular weight is 421 g/mol. The molecule has 0 radical (unpaired) electrons. The van der Waals surface area contributed by atoms with Gasteiger partial charge in [0.25, 0.3) is 0 Å². The number of ether oxygens (including phenoxy) is 1. The van der Waals surface area contributed by atoms with Gasteiger partial charge < -0.3 is 15.2 Å². The van der Waals surface area contributed by atoms with Crippen LogP contribution in [0.2, 0.25) is 0 Å². The van der Waals surface area contributed by atoms with Gasteiger partial charge in [-0.25, -0.2) is 13.1 Å². The summed E-state index contributed by atoms with van der Waals surface area (Å²) in [5, 5.41) is 11.8. The van der Waals surface area contributed by atoms with Crippen molar-refractivity contribution in [3.05, 3.63) is 59.2 Å². The molecule has 0 saturated heterocycles. The minimum atomic E-state index is -3.78. The van der Waals surface area contributed by atoms with E-state index in [9.17, 15) is 13.2 Å². The molecule has 3 N–H and O–H groups in total. The van der Waals surface area contributed by atoms with Crippen molar-refractivity contribution in [2.45, 2.75) is 38.2 Å². The molecule has 0 fully saturated rings. The van der Waals surface area contributed by atoms with Crippen molar-refractivity contribution in [1.82, 2.24) is 4.72 Å². The van der Waals surface area contributed by atoms with Gasteiger partial charge in [0.2, 0.25) is 15.9 Å². The highest BCUT2D eigenvalue weighted by atomic mass is 32.2. The van der Waals surface area contributed by atoms with Crippen LogP contribution in [-0.2, 0) is 19.6 Å². The Morgan fingerprint density at radius 2 is 1.83 bits per heavy atom. The molecule has 2 aromatic carbocycles. The van der Waals surface area contributed by atoms with Crippen LogP contribution in [0.4, 0.5) is 5.69 Å². The maximum Gasteiger partial charge on any atom is 0.240 e. The Labute approximate surface area is 172 Å². The maximum absolute atomic E-state index is 12.8. The molecular weight excluding hydrogens is 392 g/mol. The van der Waals surface area contributed by atoms with Gasteiger partial charge in [0, 0.05) is 18.7 Å². The van der Waals surface area contributed by atoms with Crippen LogP contribution in [0.5, 0.6) is 0 Å². The summed E-state index contributed by atoms with van der Waals surface area (Å²) in [5.74, 6) is -0.139. The molecule has 8 heteroatoms. The fourth-order valence-corrected chi connectivity index (χ4v) is 4.05. The highest BCUT2D eigenvalue weighted by molar-refractivity contribution is 7.89. The zero-order valence-electron chi connectivity index (χ0n) is 16.9. The van der Waals surface area contributed by atoms with Gasteiger partial charge in [-0.3, -0.25) is 4.79 Å². The molecule has 2 rings (SSSR count). The fourth-order valence-electron chi connectivity index (χ4n) is 2.79. The standard InChI is InChI=1S/C21H28N2O5S/c1-4-21(25)23-18-9-10-20(16(3)13-18)29(26,27)22-14-19(28-12-11-24)17-7-5-15(2)6-8-17/h5-10,13,19,22,24H,4,11-12,14H2,1-3H3,(H,23,25)/t19-/m1/s1. The normalized spacial score (nSPS) is 12.6. The summed E-state index contributed by atoms with van der Waals surface area (Å²) in [5.41, 5.74) is 2.98. The summed E-state index contributed by atoms with van der Waals surface area (Å²) in [4.78, 5) is 11.7. The van der Waals surface area contributed by atoms with E-state index in [4.69, 9.17) is 9.84 Å². The second kappa shape index (κ2) is 10.5. The van der Waals surface area contributed by atoms with Gasteiger partial charge in [-0.2, -0.15) is 0 Å². The van der Waals surface area contributed by atoms with Crippen LogP contribution in [-0.4, -0.2) is 39.2 Å². The Morgan fingerprint density at radius 3 is 2.41 bits per heavy atom. The van der Waals surface area contributed by atoms with Crippen LogP contribution in [0.1, 0.15) is 36.1 Å². The molecule has 0 aromatic heterocycles. The molecule has 0 aliphatic heterocycles. The van der Waals surface area contributed by atoms with Crippen LogP contribution in [0.25, 0.3) is 0 Å². The number of carbonyl (C=O) groups is 1. The lowest BCUT2D eigenvalue weighted by atomic mass is 10.1. The van der Waals surface area contributed by atoms with Crippen LogP contribution >= 0.6 is 0 Å². The molecule has 0 unspecified atom stereocenters. The first-order chi connectivity index (χ1) is 13.8. The average Bonchev–Trinajstić information content (AvgIpc) is 2.68. The van der Waals surface area contributed by atoms with Gasteiger partial charge in [0.15, 0.2) is 0 Å². The lowest BCUT2D eigenvalue weighted by Crippen LogP contribution is -2.30. The Morgan fingerprint density at radius 1 is 1.14 bits per heavy atom. The summed E-state index contributed by atoms with van der Waals surface area (Å²) in [6.07, 6.45) is -0.185. The first-order valence-corrected chi connectivity index (χ1v) is 10.9. The SMILES string of the molecule is CCC(=O)Nc1ccc(S(=O)(=O)NC[C@@H](OCCO)c2ccc(C)cc2)c(C)c1. The number of carbonyl (C=O) groups excluding carboxylic acids is 1. The number of hydrogen-bond donors (Lipinski definition) is 3. The van der Waals surface area contributed by atoms with Crippen molar-refractivity contribution < 1.29 is 23.1 Å². The number of sulfonamides is 1. The van der Waals surface area contributed by atoms with E-state index in [1.54, 1.807) is 26.0 Å². The minimum absolute atomic E-state index is 0.0269. The number of benzene rings is 2. The van der Waals surface area contributed by atoms with E-state index in [0.29, 0.717) is 17.7 Å². The molecule has 0 heterocycles. The predicted octanol–water partition coefficient (Wildman–Crippen LogP) is 2.68. The van der Waals surface area contributed by atoms with E-state index in [0.717, 1.165) is 11.1 Å². The van der Waals surface area contributed by atoms with Crippen LogP contribution in [0.3, 0.4) is 0 Å². The molecule has 7 nitrogen and oxygen atoms in total. The lowest BCUT2D eigenvalue weighted by Gasteiger charge is -2.19. The van der Waals surface area contributed by atoms with E-state index < -0.39 is 16.1 Å². The van der Waals surface area contributed by atoms with E-state index >= 15 is 0 Å². The second-order valence-corrected chi connectivity index (χ2v) is 8.46. The molecule has 0 spiro atoms. The van der Waals surface area contributed by atoms with Crippen molar-refractivity contribution in [2.24, 2.45) is 0 Å². The topological polar surface area (TPSA) is 105 Å². The van der Waals surface area contributed by atoms with Crippen LogP contribution < -0.4 is 10.0 Å². The van der Waals surface area contributed by atoms with Gasteiger partial charge in [-0.1, -0.05) is 36.8 Å². The number of rotatable bonds is 10.